The molecule has 0 aliphatic carbocycles. The SMILES string of the molecule is Cc1cc(C(C)Nc2ccccc2C(=O)O)c2nc(-c3ccc4c(c3)c(N)nn4C)cc(=O)n2c1. The molecule has 0 saturated heterocycles. The minimum Gasteiger partial charge on any atom is -0.478 e. The number of anilines is 2. The minimum atomic E-state index is -1.02. The van der Waals surface area contributed by atoms with E-state index >= 15 is 0 Å². The van der Waals surface area contributed by atoms with Crippen molar-refractivity contribution in [1.29, 1.82) is 0 Å². The summed E-state index contributed by atoms with van der Waals surface area (Å²) in [5.41, 5.74) is 10.8. The molecule has 1 atom stereocenters. The predicted octanol–water partition coefficient (Wildman–Crippen LogP) is 4.01. The molecule has 176 valence electrons. The van der Waals surface area contributed by atoms with Gasteiger partial charge in [-0.2, -0.15) is 5.10 Å². The molecule has 1 unspecified atom stereocenters. The van der Waals surface area contributed by atoms with Gasteiger partial charge in [0.05, 0.1) is 22.8 Å². The van der Waals surface area contributed by atoms with E-state index < -0.39 is 5.97 Å². The lowest BCUT2D eigenvalue weighted by molar-refractivity contribution is 0.0698. The summed E-state index contributed by atoms with van der Waals surface area (Å²) in [7, 11) is 1.82. The zero-order valence-electron chi connectivity index (χ0n) is 19.5. The Morgan fingerprint density at radius 2 is 1.91 bits per heavy atom. The molecule has 0 saturated carbocycles. The summed E-state index contributed by atoms with van der Waals surface area (Å²) in [6.07, 6.45) is 1.75. The standard InChI is InChI=1S/C26H24N6O3/c1-14-10-18(15(2)28-20-7-5-4-6-17(20)26(34)35)25-29-21(12-23(33)32(25)13-14)16-8-9-22-19(11-16)24(27)30-31(22)3/h4-13,15,28H,1-3H3,(H2,27,30)(H,34,35). The molecule has 0 aliphatic rings. The van der Waals surface area contributed by atoms with Gasteiger partial charge in [-0.05, 0) is 49.7 Å². The van der Waals surface area contributed by atoms with Crippen LogP contribution in [0.15, 0.2) is 65.6 Å². The van der Waals surface area contributed by atoms with E-state index in [1.165, 1.54) is 10.5 Å². The first-order valence-corrected chi connectivity index (χ1v) is 11.1. The maximum Gasteiger partial charge on any atom is 0.337 e. The lowest BCUT2D eigenvalue weighted by Gasteiger charge is -2.20. The number of rotatable bonds is 5. The van der Waals surface area contributed by atoms with Crippen molar-refractivity contribution in [2.75, 3.05) is 11.1 Å². The quantitative estimate of drug-likeness (QED) is 0.356. The first-order chi connectivity index (χ1) is 16.7. The van der Waals surface area contributed by atoms with Crippen LogP contribution in [0.4, 0.5) is 11.5 Å². The lowest BCUT2D eigenvalue weighted by atomic mass is 10.0. The van der Waals surface area contributed by atoms with Gasteiger partial charge in [-0.1, -0.05) is 18.2 Å². The van der Waals surface area contributed by atoms with Crippen LogP contribution in [0.5, 0.6) is 0 Å². The molecule has 2 aromatic carbocycles. The number of para-hydroxylation sites is 1. The van der Waals surface area contributed by atoms with Crippen molar-refractivity contribution in [3.8, 4) is 11.3 Å². The summed E-state index contributed by atoms with van der Waals surface area (Å²) in [5.74, 6) is -0.607. The zero-order valence-corrected chi connectivity index (χ0v) is 19.5. The molecule has 5 aromatic rings. The normalized spacial score (nSPS) is 12.2. The summed E-state index contributed by atoms with van der Waals surface area (Å²) in [6, 6.07) is 15.5. The maximum absolute atomic E-state index is 13.1. The fourth-order valence-electron chi connectivity index (χ4n) is 4.40. The van der Waals surface area contributed by atoms with Crippen LogP contribution in [-0.2, 0) is 7.05 Å². The molecule has 9 nitrogen and oxygen atoms in total. The number of nitrogens with zero attached hydrogens (tertiary/aromatic N) is 4. The highest BCUT2D eigenvalue weighted by Gasteiger charge is 2.18. The number of carbonyl (C=O) groups is 1. The first kappa shape index (κ1) is 22.1. The molecule has 0 amide bonds. The Hall–Kier alpha value is -4.66. The Morgan fingerprint density at radius 3 is 2.69 bits per heavy atom. The Morgan fingerprint density at radius 1 is 1.14 bits per heavy atom. The summed E-state index contributed by atoms with van der Waals surface area (Å²) in [6.45, 7) is 3.81. The van der Waals surface area contributed by atoms with Crippen LogP contribution in [0.3, 0.4) is 0 Å². The van der Waals surface area contributed by atoms with Crippen molar-refractivity contribution in [2.45, 2.75) is 19.9 Å². The fraction of sp³-hybridized carbons (Fsp3) is 0.154. The number of carboxylic acids is 1. The van der Waals surface area contributed by atoms with Gasteiger partial charge in [0, 0.05) is 41.5 Å². The number of aryl methyl sites for hydroxylation is 2. The number of nitrogens with two attached hydrogens (primary N) is 1. The summed E-state index contributed by atoms with van der Waals surface area (Å²) in [5, 5.41) is 17.9. The van der Waals surface area contributed by atoms with Gasteiger partial charge in [-0.3, -0.25) is 13.9 Å². The minimum absolute atomic E-state index is 0.171. The highest BCUT2D eigenvalue weighted by Crippen LogP contribution is 2.29. The predicted molar refractivity (Wildman–Crippen MR) is 136 cm³/mol. The molecular formula is C26H24N6O3. The molecule has 35 heavy (non-hydrogen) atoms. The van der Waals surface area contributed by atoms with E-state index in [4.69, 9.17) is 10.7 Å². The lowest BCUT2D eigenvalue weighted by Crippen LogP contribution is -2.19. The van der Waals surface area contributed by atoms with Gasteiger partial charge in [0.15, 0.2) is 5.82 Å². The van der Waals surface area contributed by atoms with Crippen molar-refractivity contribution in [2.24, 2.45) is 7.05 Å². The number of pyridine rings is 1. The first-order valence-electron chi connectivity index (χ1n) is 11.1. The van der Waals surface area contributed by atoms with Crippen molar-refractivity contribution < 1.29 is 9.90 Å². The third-order valence-corrected chi connectivity index (χ3v) is 6.10. The van der Waals surface area contributed by atoms with Crippen molar-refractivity contribution >= 4 is 34.0 Å². The van der Waals surface area contributed by atoms with Crippen LogP contribution >= 0.6 is 0 Å². The van der Waals surface area contributed by atoms with Crippen molar-refractivity contribution in [3.63, 3.8) is 0 Å². The Labute approximate surface area is 200 Å². The van der Waals surface area contributed by atoms with Gasteiger partial charge in [0.1, 0.15) is 5.65 Å². The second-order valence-corrected chi connectivity index (χ2v) is 8.60. The van der Waals surface area contributed by atoms with E-state index in [0.29, 0.717) is 22.8 Å². The third kappa shape index (κ3) is 3.86. The van der Waals surface area contributed by atoms with Gasteiger partial charge in [0.25, 0.3) is 5.56 Å². The van der Waals surface area contributed by atoms with Gasteiger partial charge in [-0.25, -0.2) is 9.78 Å². The van der Waals surface area contributed by atoms with E-state index in [2.05, 4.69) is 10.4 Å². The highest BCUT2D eigenvalue weighted by atomic mass is 16.4. The number of hydrogen-bond donors (Lipinski definition) is 3. The number of aromatic nitrogens is 4. The average molecular weight is 469 g/mol. The molecular weight excluding hydrogens is 444 g/mol. The van der Waals surface area contributed by atoms with E-state index in [1.807, 2.05) is 45.2 Å². The zero-order chi connectivity index (χ0) is 24.9. The molecule has 4 N–H and O–H groups in total. The number of benzene rings is 2. The monoisotopic (exact) mass is 468 g/mol. The number of carboxylic acid groups (broad SMARTS) is 1. The molecule has 0 radical (unpaired) electrons. The molecule has 3 aromatic heterocycles. The van der Waals surface area contributed by atoms with Gasteiger partial charge >= 0.3 is 5.97 Å². The summed E-state index contributed by atoms with van der Waals surface area (Å²) in [4.78, 5) is 29.6. The third-order valence-electron chi connectivity index (χ3n) is 6.10. The second-order valence-electron chi connectivity index (χ2n) is 8.60. The van der Waals surface area contributed by atoms with Gasteiger partial charge in [0.2, 0.25) is 0 Å². The van der Waals surface area contributed by atoms with Crippen LogP contribution in [0.1, 0.15) is 34.5 Å². The van der Waals surface area contributed by atoms with Crippen molar-refractivity contribution in [1.82, 2.24) is 19.2 Å². The molecule has 9 heteroatoms. The van der Waals surface area contributed by atoms with Gasteiger partial charge in [-0.15, -0.1) is 0 Å². The van der Waals surface area contributed by atoms with E-state index in [-0.39, 0.29) is 17.2 Å². The number of nitrogen functional groups attached to an aromatic ring is 1. The number of hydrogen-bond acceptors (Lipinski definition) is 6. The second kappa shape index (κ2) is 8.28. The molecule has 3 heterocycles. The van der Waals surface area contributed by atoms with Crippen LogP contribution in [-0.4, -0.2) is 30.2 Å². The fourth-order valence-corrected chi connectivity index (χ4v) is 4.40. The molecule has 5 rings (SSSR count). The number of aromatic carboxylic acids is 1. The topological polar surface area (TPSA) is 128 Å². The van der Waals surface area contributed by atoms with E-state index in [9.17, 15) is 14.7 Å². The van der Waals surface area contributed by atoms with Crippen LogP contribution in [0.25, 0.3) is 27.8 Å². The smallest absolute Gasteiger partial charge is 0.337 e. The summed E-state index contributed by atoms with van der Waals surface area (Å²) < 4.78 is 3.23. The summed E-state index contributed by atoms with van der Waals surface area (Å²) >= 11 is 0. The largest absolute Gasteiger partial charge is 0.478 e. The average Bonchev–Trinajstić information content (AvgIpc) is 3.11. The maximum atomic E-state index is 13.1. The molecule has 0 bridgehead atoms. The Balaban J connectivity index is 1.65. The number of fused-ring (bicyclic) bond motifs is 2. The molecule has 0 fully saturated rings. The van der Waals surface area contributed by atoms with Crippen LogP contribution < -0.4 is 16.6 Å². The Bertz CT molecular complexity index is 1680. The molecule has 0 spiro atoms. The number of nitrogens with one attached hydrogen (secondary N) is 1. The molecule has 0 aliphatic heterocycles. The van der Waals surface area contributed by atoms with Gasteiger partial charge < -0.3 is 16.2 Å². The van der Waals surface area contributed by atoms with E-state index in [0.717, 1.165) is 27.6 Å². The Kier molecular flexibility index (Phi) is 5.24. The van der Waals surface area contributed by atoms with E-state index in [1.54, 1.807) is 35.1 Å². The van der Waals surface area contributed by atoms with Crippen molar-refractivity contribution in [3.05, 3.63) is 87.8 Å². The van der Waals surface area contributed by atoms with Crippen LogP contribution in [0.2, 0.25) is 0 Å². The highest BCUT2D eigenvalue weighted by molar-refractivity contribution is 5.94. The van der Waals surface area contributed by atoms with Crippen LogP contribution in [0, 0.1) is 6.92 Å².